The normalized spacial score (nSPS) is 11.2. The van der Waals surface area contributed by atoms with Crippen LogP contribution in [0, 0.1) is 0 Å². The van der Waals surface area contributed by atoms with Crippen LogP contribution in [0.1, 0.15) is 13.8 Å². The molecule has 0 saturated carbocycles. The van der Waals surface area contributed by atoms with Crippen molar-refractivity contribution < 1.29 is 25.2 Å². The maximum Gasteiger partial charge on any atom is 0.332 e. The number of aliphatic hydroxyl groups is 1. The molecule has 8 nitrogen and oxygen atoms in total. The maximum absolute atomic E-state index is 9.45. The number of pyridine rings is 1. The Kier molecular flexibility index (Phi) is 7.12. The molecule has 3 aromatic rings. The van der Waals surface area contributed by atoms with Gasteiger partial charge in [0.05, 0.1) is 23.3 Å². The highest BCUT2D eigenvalue weighted by atomic mass is 16.5. The van der Waals surface area contributed by atoms with Crippen LogP contribution in [0.25, 0.3) is 21.8 Å². The van der Waals surface area contributed by atoms with Crippen molar-refractivity contribution in [1.29, 1.82) is 0 Å². The SMILES string of the molecule is CCOc1ccc2nc3cc(N)ccc3c(N)c2c1.C[C@H](O)C(=O)O.O. The zero-order chi connectivity index (χ0) is 18.6. The number of carbonyl (C=O) groups is 1. The van der Waals surface area contributed by atoms with Crippen LogP contribution >= 0.6 is 0 Å². The highest BCUT2D eigenvalue weighted by molar-refractivity contribution is 6.07. The molecule has 8 N–H and O–H groups in total. The van der Waals surface area contributed by atoms with Gasteiger partial charge in [0.1, 0.15) is 11.9 Å². The van der Waals surface area contributed by atoms with Crippen LogP contribution in [-0.2, 0) is 4.79 Å². The second kappa shape index (κ2) is 8.84. The summed E-state index contributed by atoms with van der Waals surface area (Å²) in [5.41, 5.74) is 15.1. The molecule has 26 heavy (non-hydrogen) atoms. The highest BCUT2D eigenvalue weighted by Gasteiger charge is 2.08. The Morgan fingerprint density at radius 1 is 1.15 bits per heavy atom. The van der Waals surface area contributed by atoms with Crippen LogP contribution in [0.3, 0.4) is 0 Å². The number of ether oxygens (including phenoxy) is 1. The first-order chi connectivity index (χ1) is 11.8. The smallest absolute Gasteiger partial charge is 0.332 e. The van der Waals surface area contributed by atoms with Gasteiger partial charge in [-0.1, -0.05) is 0 Å². The summed E-state index contributed by atoms with van der Waals surface area (Å²) < 4.78 is 5.50. The van der Waals surface area contributed by atoms with Gasteiger partial charge in [-0.2, -0.15) is 0 Å². The van der Waals surface area contributed by atoms with E-state index in [2.05, 4.69) is 4.98 Å². The third-order valence-corrected chi connectivity index (χ3v) is 3.48. The summed E-state index contributed by atoms with van der Waals surface area (Å²) in [6, 6.07) is 11.3. The zero-order valence-electron chi connectivity index (χ0n) is 14.6. The largest absolute Gasteiger partial charge is 0.494 e. The van der Waals surface area contributed by atoms with Crippen molar-refractivity contribution in [3.8, 4) is 5.75 Å². The molecule has 0 spiro atoms. The van der Waals surface area contributed by atoms with Gasteiger partial charge in [0.2, 0.25) is 0 Å². The fourth-order valence-electron chi connectivity index (χ4n) is 2.23. The molecule has 0 aliphatic rings. The number of carboxylic acids is 1. The number of aromatic nitrogens is 1. The van der Waals surface area contributed by atoms with Gasteiger partial charge >= 0.3 is 5.97 Å². The van der Waals surface area contributed by atoms with E-state index in [1.165, 1.54) is 6.92 Å². The number of fused-ring (bicyclic) bond motifs is 2. The second-order valence-electron chi connectivity index (χ2n) is 5.43. The molecule has 0 radical (unpaired) electrons. The Balaban J connectivity index is 0.000000422. The van der Waals surface area contributed by atoms with E-state index in [1.807, 2.05) is 43.3 Å². The summed E-state index contributed by atoms with van der Waals surface area (Å²) in [5, 5.41) is 17.6. The number of nitrogen functional groups attached to an aromatic ring is 2. The average Bonchev–Trinajstić information content (AvgIpc) is 2.56. The molecule has 0 aliphatic carbocycles. The molecule has 8 heteroatoms. The van der Waals surface area contributed by atoms with Gasteiger partial charge in [0.15, 0.2) is 0 Å². The number of nitrogens with zero attached hydrogens (tertiary/aromatic N) is 1. The third kappa shape index (κ3) is 4.71. The third-order valence-electron chi connectivity index (χ3n) is 3.48. The van der Waals surface area contributed by atoms with E-state index in [0.717, 1.165) is 27.6 Å². The molecule has 2 aromatic carbocycles. The molecule has 0 bridgehead atoms. The number of benzene rings is 2. The highest BCUT2D eigenvalue weighted by Crippen LogP contribution is 2.31. The van der Waals surface area contributed by atoms with Gasteiger partial charge in [-0.3, -0.25) is 0 Å². The van der Waals surface area contributed by atoms with E-state index in [9.17, 15) is 4.79 Å². The lowest BCUT2D eigenvalue weighted by Crippen LogP contribution is -2.13. The zero-order valence-corrected chi connectivity index (χ0v) is 14.6. The number of hydrogen-bond donors (Lipinski definition) is 4. The minimum atomic E-state index is -1.23. The molecule has 0 saturated heterocycles. The molecule has 0 fully saturated rings. The monoisotopic (exact) mass is 361 g/mol. The predicted octanol–water partition coefficient (Wildman–Crippen LogP) is 1.58. The van der Waals surface area contributed by atoms with E-state index in [4.69, 9.17) is 26.4 Å². The molecule has 0 aliphatic heterocycles. The number of aliphatic carboxylic acids is 1. The summed E-state index contributed by atoms with van der Waals surface area (Å²) in [6.07, 6.45) is -1.23. The molecular formula is C18H23N3O5. The van der Waals surface area contributed by atoms with Gasteiger partial charge in [-0.15, -0.1) is 0 Å². The number of hydrogen-bond acceptors (Lipinski definition) is 6. The molecule has 1 atom stereocenters. The number of rotatable bonds is 3. The molecular weight excluding hydrogens is 338 g/mol. The summed E-state index contributed by atoms with van der Waals surface area (Å²) in [6.45, 7) is 3.78. The van der Waals surface area contributed by atoms with Crippen molar-refractivity contribution in [1.82, 2.24) is 4.98 Å². The predicted molar refractivity (Wildman–Crippen MR) is 102 cm³/mol. The van der Waals surface area contributed by atoms with Crippen LogP contribution in [-0.4, -0.2) is 39.4 Å². The van der Waals surface area contributed by atoms with Crippen molar-refractivity contribution in [2.75, 3.05) is 18.1 Å². The minimum absolute atomic E-state index is 0. The van der Waals surface area contributed by atoms with Crippen LogP contribution in [0.2, 0.25) is 0 Å². The molecule has 0 amide bonds. The molecule has 1 heterocycles. The van der Waals surface area contributed by atoms with Crippen molar-refractivity contribution in [2.45, 2.75) is 20.0 Å². The maximum atomic E-state index is 9.45. The van der Waals surface area contributed by atoms with Crippen LogP contribution in [0.5, 0.6) is 5.75 Å². The molecule has 0 unspecified atom stereocenters. The van der Waals surface area contributed by atoms with Crippen molar-refractivity contribution in [3.63, 3.8) is 0 Å². The summed E-state index contributed by atoms with van der Waals surface area (Å²) in [5.74, 6) is -0.381. The summed E-state index contributed by atoms with van der Waals surface area (Å²) in [4.78, 5) is 14.0. The Labute approximate surface area is 150 Å². The first-order valence-corrected chi connectivity index (χ1v) is 7.75. The first-order valence-electron chi connectivity index (χ1n) is 7.75. The first kappa shape index (κ1) is 20.9. The van der Waals surface area contributed by atoms with Gasteiger partial charge in [0.25, 0.3) is 0 Å². The van der Waals surface area contributed by atoms with Crippen LogP contribution in [0.15, 0.2) is 36.4 Å². The van der Waals surface area contributed by atoms with Crippen molar-refractivity contribution in [2.24, 2.45) is 0 Å². The van der Waals surface area contributed by atoms with E-state index in [1.54, 1.807) is 0 Å². The topological polar surface area (TPSA) is 163 Å². The Morgan fingerprint density at radius 2 is 1.81 bits per heavy atom. The molecule has 3 rings (SSSR count). The Bertz CT molecular complexity index is 912. The standard InChI is InChI=1S/C15H15N3O.C3H6O3.H2O/c1-2-19-10-4-6-13-12(8-10)15(17)11-5-3-9(16)7-14(11)18-13;1-2(4)3(5)6;/h3-8H,2,16H2,1H3,(H2,17,18);2,4H,1H3,(H,5,6);1H2/t;2-;/m.0./s1. The van der Waals surface area contributed by atoms with Crippen LogP contribution < -0.4 is 16.2 Å². The van der Waals surface area contributed by atoms with E-state index in [-0.39, 0.29) is 5.48 Å². The van der Waals surface area contributed by atoms with E-state index in [0.29, 0.717) is 18.0 Å². The van der Waals surface area contributed by atoms with Crippen molar-refractivity contribution >= 4 is 39.1 Å². The lowest BCUT2D eigenvalue weighted by Gasteiger charge is -2.09. The average molecular weight is 361 g/mol. The molecule has 1 aromatic heterocycles. The summed E-state index contributed by atoms with van der Waals surface area (Å²) in [7, 11) is 0. The Hall–Kier alpha value is -3.10. The van der Waals surface area contributed by atoms with E-state index >= 15 is 0 Å². The van der Waals surface area contributed by atoms with Gasteiger partial charge in [-0.05, 0) is 50.2 Å². The number of carboxylic acid groups (broad SMARTS) is 1. The number of anilines is 2. The number of nitrogens with two attached hydrogens (primary N) is 2. The lowest BCUT2D eigenvalue weighted by atomic mass is 10.1. The fraction of sp³-hybridized carbons (Fsp3) is 0.222. The second-order valence-corrected chi connectivity index (χ2v) is 5.43. The summed E-state index contributed by atoms with van der Waals surface area (Å²) >= 11 is 0. The van der Waals surface area contributed by atoms with Gasteiger partial charge in [-0.25, -0.2) is 9.78 Å². The van der Waals surface area contributed by atoms with Gasteiger partial charge < -0.3 is 31.9 Å². The minimum Gasteiger partial charge on any atom is -0.494 e. The lowest BCUT2D eigenvalue weighted by molar-refractivity contribution is -0.145. The van der Waals surface area contributed by atoms with Crippen LogP contribution in [0.4, 0.5) is 11.4 Å². The quantitative estimate of drug-likeness (QED) is 0.406. The Morgan fingerprint density at radius 3 is 2.38 bits per heavy atom. The van der Waals surface area contributed by atoms with E-state index < -0.39 is 12.1 Å². The van der Waals surface area contributed by atoms with Gasteiger partial charge in [0, 0.05) is 16.5 Å². The fourth-order valence-corrected chi connectivity index (χ4v) is 2.23. The number of aliphatic hydroxyl groups excluding tert-OH is 1. The molecule has 140 valence electrons. The van der Waals surface area contributed by atoms with Crippen molar-refractivity contribution in [3.05, 3.63) is 36.4 Å².